The molecule has 0 atom stereocenters. The minimum atomic E-state index is 0.729. The third-order valence-corrected chi connectivity index (χ3v) is 2.44. The van der Waals surface area contributed by atoms with E-state index < -0.39 is 0 Å². The van der Waals surface area contributed by atoms with Crippen molar-refractivity contribution in [3.63, 3.8) is 0 Å². The molecule has 14 heavy (non-hydrogen) atoms. The molecule has 1 heterocycles. The molecule has 0 spiro atoms. The summed E-state index contributed by atoms with van der Waals surface area (Å²) in [7, 11) is 1.90. The Labute approximate surface area is 82.3 Å². The first kappa shape index (κ1) is 8.94. The van der Waals surface area contributed by atoms with Crippen molar-refractivity contribution in [3.05, 3.63) is 29.5 Å². The van der Waals surface area contributed by atoms with Crippen molar-refractivity contribution in [1.82, 2.24) is 9.78 Å². The molecule has 1 aromatic carbocycles. The number of carbonyl (C=O) groups excluding carboxylic acids is 1. The molecule has 3 heteroatoms. The molecule has 2 aromatic rings. The Kier molecular flexibility index (Phi) is 2.08. The van der Waals surface area contributed by atoms with E-state index in [1.54, 1.807) is 0 Å². The highest BCUT2D eigenvalue weighted by molar-refractivity contribution is 5.98. The monoisotopic (exact) mass is 188 g/mol. The van der Waals surface area contributed by atoms with Crippen LogP contribution in [-0.2, 0) is 13.5 Å². The van der Waals surface area contributed by atoms with Gasteiger partial charge in [-0.2, -0.15) is 5.10 Å². The SMILES string of the molecule is CCc1nn(C)c2cccc(C=O)c12. The van der Waals surface area contributed by atoms with Gasteiger partial charge in [0.2, 0.25) is 0 Å². The molecule has 0 aliphatic carbocycles. The molecule has 0 N–H and O–H groups in total. The lowest BCUT2D eigenvalue weighted by atomic mass is 10.1. The average molecular weight is 188 g/mol. The van der Waals surface area contributed by atoms with E-state index in [0.29, 0.717) is 0 Å². The third kappa shape index (κ3) is 1.13. The van der Waals surface area contributed by atoms with Crippen LogP contribution in [0, 0.1) is 0 Å². The number of rotatable bonds is 2. The summed E-state index contributed by atoms with van der Waals surface area (Å²) in [6.45, 7) is 2.04. The fourth-order valence-electron chi connectivity index (χ4n) is 1.77. The minimum absolute atomic E-state index is 0.729. The van der Waals surface area contributed by atoms with E-state index >= 15 is 0 Å². The summed E-state index contributed by atoms with van der Waals surface area (Å²) in [4.78, 5) is 10.9. The van der Waals surface area contributed by atoms with Crippen LogP contribution >= 0.6 is 0 Å². The van der Waals surface area contributed by atoms with Crippen molar-refractivity contribution in [1.29, 1.82) is 0 Å². The van der Waals surface area contributed by atoms with Gasteiger partial charge in [0.05, 0.1) is 11.2 Å². The number of nitrogens with zero attached hydrogens (tertiary/aromatic N) is 2. The lowest BCUT2D eigenvalue weighted by molar-refractivity contribution is 0.112. The smallest absolute Gasteiger partial charge is 0.150 e. The molecule has 0 saturated carbocycles. The van der Waals surface area contributed by atoms with Gasteiger partial charge in [0.25, 0.3) is 0 Å². The summed E-state index contributed by atoms with van der Waals surface area (Å²) < 4.78 is 1.82. The molecule has 0 saturated heterocycles. The summed E-state index contributed by atoms with van der Waals surface area (Å²) in [6, 6.07) is 5.69. The molecule has 0 fully saturated rings. The highest BCUT2D eigenvalue weighted by Gasteiger charge is 2.09. The Morgan fingerprint density at radius 2 is 2.29 bits per heavy atom. The highest BCUT2D eigenvalue weighted by atomic mass is 16.1. The Morgan fingerprint density at radius 1 is 1.50 bits per heavy atom. The fourth-order valence-corrected chi connectivity index (χ4v) is 1.77. The summed E-state index contributed by atoms with van der Waals surface area (Å²) in [5.41, 5.74) is 2.74. The Bertz CT molecular complexity index is 485. The molecule has 3 nitrogen and oxygen atoms in total. The van der Waals surface area contributed by atoms with Crippen LogP contribution in [0.3, 0.4) is 0 Å². The molecular formula is C11H12N2O. The van der Waals surface area contributed by atoms with E-state index in [-0.39, 0.29) is 0 Å². The number of benzene rings is 1. The van der Waals surface area contributed by atoms with Gasteiger partial charge < -0.3 is 0 Å². The average Bonchev–Trinajstić information content (AvgIpc) is 2.56. The first-order valence-corrected chi connectivity index (χ1v) is 4.67. The predicted molar refractivity (Wildman–Crippen MR) is 55.5 cm³/mol. The lowest BCUT2D eigenvalue weighted by Gasteiger charge is -1.96. The number of carbonyl (C=O) groups is 1. The number of hydrogen-bond acceptors (Lipinski definition) is 2. The van der Waals surface area contributed by atoms with Crippen LogP contribution in [0.1, 0.15) is 23.0 Å². The molecule has 1 aromatic heterocycles. The van der Waals surface area contributed by atoms with Crippen LogP contribution in [0.2, 0.25) is 0 Å². The zero-order valence-electron chi connectivity index (χ0n) is 8.32. The van der Waals surface area contributed by atoms with E-state index in [4.69, 9.17) is 0 Å². The highest BCUT2D eigenvalue weighted by Crippen LogP contribution is 2.21. The molecule has 72 valence electrons. The van der Waals surface area contributed by atoms with Crippen molar-refractivity contribution in [2.75, 3.05) is 0 Å². The maximum absolute atomic E-state index is 10.9. The van der Waals surface area contributed by atoms with Crippen molar-refractivity contribution in [3.8, 4) is 0 Å². The van der Waals surface area contributed by atoms with Gasteiger partial charge in [0.1, 0.15) is 0 Å². The first-order valence-electron chi connectivity index (χ1n) is 4.67. The second-order valence-electron chi connectivity index (χ2n) is 3.28. The van der Waals surface area contributed by atoms with Crippen LogP contribution in [0.25, 0.3) is 10.9 Å². The van der Waals surface area contributed by atoms with Gasteiger partial charge in [-0.3, -0.25) is 9.48 Å². The molecule has 0 amide bonds. The topological polar surface area (TPSA) is 34.9 Å². The third-order valence-electron chi connectivity index (χ3n) is 2.44. The predicted octanol–water partition coefficient (Wildman–Crippen LogP) is 1.95. The van der Waals surface area contributed by atoms with E-state index in [2.05, 4.69) is 5.10 Å². The molecule has 0 aliphatic heterocycles. The van der Waals surface area contributed by atoms with Crippen LogP contribution in [0.5, 0.6) is 0 Å². The Hall–Kier alpha value is -1.64. The Balaban J connectivity index is 2.89. The number of aryl methyl sites for hydroxylation is 2. The van der Waals surface area contributed by atoms with Gasteiger partial charge in [-0.25, -0.2) is 0 Å². The van der Waals surface area contributed by atoms with Gasteiger partial charge in [-0.1, -0.05) is 19.1 Å². The second-order valence-corrected chi connectivity index (χ2v) is 3.28. The van der Waals surface area contributed by atoms with Gasteiger partial charge in [-0.15, -0.1) is 0 Å². The fraction of sp³-hybridized carbons (Fsp3) is 0.273. The zero-order chi connectivity index (χ0) is 10.1. The first-order chi connectivity index (χ1) is 6.77. The summed E-state index contributed by atoms with van der Waals surface area (Å²) in [6.07, 6.45) is 1.74. The van der Waals surface area contributed by atoms with Gasteiger partial charge in [0.15, 0.2) is 6.29 Å². The molecule has 0 aliphatic rings. The number of aromatic nitrogens is 2. The summed E-state index contributed by atoms with van der Waals surface area (Å²) in [5.74, 6) is 0. The van der Waals surface area contributed by atoms with E-state index in [9.17, 15) is 4.79 Å². The number of fused-ring (bicyclic) bond motifs is 1. The van der Waals surface area contributed by atoms with Crippen LogP contribution in [-0.4, -0.2) is 16.1 Å². The van der Waals surface area contributed by atoms with Crippen LogP contribution in [0.4, 0.5) is 0 Å². The molecule has 0 unspecified atom stereocenters. The van der Waals surface area contributed by atoms with Crippen molar-refractivity contribution in [2.45, 2.75) is 13.3 Å². The van der Waals surface area contributed by atoms with Crippen LogP contribution in [0.15, 0.2) is 18.2 Å². The molecule has 0 bridgehead atoms. The summed E-state index contributed by atoms with van der Waals surface area (Å²) >= 11 is 0. The van der Waals surface area contributed by atoms with Gasteiger partial charge in [0, 0.05) is 18.0 Å². The van der Waals surface area contributed by atoms with E-state index in [0.717, 1.165) is 34.9 Å². The van der Waals surface area contributed by atoms with Crippen molar-refractivity contribution < 1.29 is 4.79 Å². The van der Waals surface area contributed by atoms with Gasteiger partial charge in [-0.05, 0) is 12.5 Å². The zero-order valence-corrected chi connectivity index (χ0v) is 8.32. The minimum Gasteiger partial charge on any atom is -0.298 e. The largest absolute Gasteiger partial charge is 0.298 e. The summed E-state index contributed by atoms with van der Waals surface area (Å²) in [5, 5.41) is 5.37. The van der Waals surface area contributed by atoms with E-state index in [1.807, 2.05) is 36.9 Å². The maximum atomic E-state index is 10.9. The lowest BCUT2D eigenvalue weighted by Crippen LogP contribution is -1.90. The van der Waals surface area contributed by atoms with Crippen molar-refractivity contribution in [2.24, 2.45) is 7.05 Å². The Morgan fingerprint density at radius 3 is 2.93 bits per heavy atom. The quantitative estimate of drug-likeness (QED) is 0.675. The number of aldehydes is 1. The standard InChI is InChI=1S/C11H12N2O/c1-3-9-11-8(7-14)5-4-6-10(11)13(2)12-9/h4-7H,3H2,1-2H3. The number of hydrogen-bond donors (Lipinski definition) is 0. The molecular weight excluding hydrogens is 176 g/mol. The van der Waals surface area contributed by atoms with Crippen LogP contribution < -0.4 is 0 Å². The van der Waals surface area contributed by atoms with Crippen molar-refractivity contribution >= 4 is 17.2 Å². The molecule has 2 rings (SSSR count). The van der Waals surface area contributed by atoms with Gasteiger partial charge >= 0.3 is 0 Å². The molecule has 0 radical (unpaired) electrons. The maximum Gasteiger partial charge on any atom is 0.150 e. The second kappa shape index (κ2) is 3.25. The van der Waals surface area contributed by atoms with E-state index in [1.165, 1.54) is 0 Å². The normalized spacial score (nSPS) is 10.7.